The van der Waals surface area contributed by atoms with Crippen LogP contribution in [0, 0.1) is 18.7 Å². The second kappa shape index (κ2) is 23.2. The molecule has 2 atom stereocenters. The van der Waals surface area contributed by atoms with Gasteiger partial charge in [0.15, 0.2) is 0 Å². The van der Waals surface area contributed by atoms with Crippen molar-refractivity contribution < 1.29 is 8.81 Å². The van der Waals surface area contributed by atoms with E-state index in [1.165, 1.54) is 64.3 Å². The van der Waals surface area contributed by atoms with Gasteiger partial charge in [-0.2, -0.15) is 0 Å². The number of nitrogens with one attached hydrogen (secondary N) is 1. The van der Waals surface area contributed by atoms with Gasteiger partial charge in [0.2, 0.25) is 0 Å². The largest absolute Gasteiger partial charge is 0.465 e. The van der Waals surface area contributed by atoms with Crippen LogP contribution in [0.5, 0.6) is 0 Å². The van der Waals surface area contributed by atoms with Crippen LogP contribution in [0.2, 0.25) is 0 Å². The Labute approximate surface area is 293 Å². The maximum Gasteiger partial charge on any atom is 0.146 e. The molecule has 0 spiro atoms. The van der Waals surface area contributed by atoms with Crippen molar-refractivity contribution in [2.24, 2.45) is 16.6 Å². The van der Waals surface area contributed by atoms with Crippen molar-refractivity contribution in [2.75, 3.05) is 38.5 Å². The molecule has 1 saturated heterocycles. The molecule has 0 radical (unpaired) electrons. The zero-order valence-corrected chi connectivity index (χ0v) is 32.3. The van der Waals surface area contributed by atoms with E-state index in [4.69, 9.17) is 10.2 Å². The highest BCUT2D eigenvalue weighted by Crippen LogP contribution is 2.35. The number of rotatable bonds is 9. The number of halogens is 1. The minimum atomic E-state index is -0.342. The molecule has 1 aromatic heterocycles. The summed E-state index contributed by atoms with van der Waals surface area (Å²) in [5.41, 5.74) is 10.9. The van der Waals surface area contributed by atoms with Crippen LogP contribution in [0.25, 0.3) is 5.57 Å². The first kappa shape index (κ1) is 42.9. The SMILES string of the molecule is C=C(C)/C(C(=C(C)CC)c1ccc(NCc2ccc(C)o2)c(F)c1)=C(N)\N=C/C.CC.CC.CC1CCCC(N2CCN(C)CC2)CC1. The number of hydrogen-bond acceptors (Lipinski definition) is 6. The summed E-state index contributed by atoms with van der Waals surface area (Å²) in [4.78, 5) is 9.44. The highest BCUT2D eigenvalue weighted by Gasteiger charge is 2.24. The Hall–Kier alpha value is -3.16. The summed E-state index contributed by atoms with van der Waals surface area (Å²) in [5.74, 6) is 2.59. The molecule has 2 aliphatic rings. The van der Waals surface area contributed by atoms with Gasteiger partial charge in [-0.1, -0.05) is 72.6 Å². The number of allylic oxidation sites excluding steroid dienone is 4. The molecule has 1 aromatic carbocycles. The van der Waals surface area contributed by atoms with Gasteiger partial charge in [0.05, 0.1) is 12.2 Å². The van der Waals surface area contributed by atoms with Crippen molar-refractivity contribution in [3.63, 3.8) is 0 Å². The highest BCUT2D eigenvalue weighted by atomic mass is 19.1. The lowest BCUT2D eigenvalue weighted by Crippen LogP contribution is -2.48. The third kappa shape index (κ3) is 13.8. The van der Waals surface area contributed by atoms with E-state index in [2.05, 4.69) is 47.6 Å². The van der Waals surface area contributed by atoms with Gasteiger partial charge in [0.25, 0.3) is 0 Å². The molecule has 2 fully saturated rings. The minimum Gasteiger partial charge on any atom is -0.465 e. The van der Waals surface area contributed by atoms with Gasteiger partial charge < -0.3 is 20.4 Å². The Bertz CT molecular complexity index is 1320. The lowest BCUT2D eigenvalue weighted by atomic mass is 9.88. The van der Waals surface area contributed by atoms with Gasteiger partial charge in [0.1, 0.15) is 23.2 Å². The second-order valence-electron chi connectivity index (χ2n) is 12.6. The predicted molar refractivity (Wildman–Crippen MR) is 208 cm³/mol. The van der Waals surface area contributed by atoms with Gasteiger partial charge in [0, 0.05) is 44.0 Å². The molecule has 6 nitrogen and oxygen atoms in total. The van der Waals surface area contributed by atoms with Crippen LogP contribution >= 0.6 is 0 Å². The van der Waals surface area contributed by atoms with E-state index in [0.717, 1.165) is 57.8 Å². The molecule has 48 heavy (non-hydrogen) atoms. The number of aryl methyl sites for hydroxylation is 1. The topological polar surface area (TPSA) is 70.0 Å². The zero-order chi connectivity index (χ0) is 36.2. The van der Waals surface area contributed by atoms with Crippen LogP contribution in [-0.4, -0.2) is 55.3 Å². The van der Waals surface area contributed by atoms with Crippen molar-refractivity contribution >= 4 is 17.5 Å². The van der Waals surface area contributed by atoms with Crippen molar-refractivity contribution in [3.8, 4) is 0 Å². The van der Waals surface area contributed by atoms with Crippen molar-refractivity contribution in [3.05, 3.63) is 82.4 Å². The monoisotopic (exact) mass is 666 g/mol. The number of hydrogen-bond donors (Lipinski definition) is 2. The molecule has 2 aromatic rings. The molecule has 1 aliphatic carbocycles. The third-order valence-electron chi connectivity index (χ3n) is 8.95. The average Bonchev–Trinajstić information content (AvgIpc) is 3.38. The lowest BCUT2D eigenvalue weighted by Gasteiger charge is -2.37. The zero-order valence-electron chi connectivity index (χ0n) is 32.3. The molecular formula is C41H68FN5O. The number of nitrogens with zero attached hydrogens (tertiary/aromatic N) is 3. The molecule has 4 rings (SSSR count). The Balaban J connectivity index is 0.000000506. The summed E-state index contributed by atoms with van der Waals surface area (Å²) < 4.78 is 20.4. The van der Waals surface area contributed by atoms with Crippen molar-refractivity contribution in [1.29, 1.82) is 0 Å². The normalized spacial score (nSPS) is 19.7. The van der Waals surface area contributed by atoms with E-state index in [1.54, 1.807) is 19.2 Å². The van der Waals surface area contributed by atoms with Gasteiger partial charge in [-0.15, -0.1) is 0 Å². The summed E-state index contributed by atoms with van der Waals surface area (Å²) in [7, 11) is 2.24. The quantitative estimate of drug-likeness (QED) is 0.158. The highest BCUT2D eigenvalue weighted by molar-refractivity contribution is 5.86. The first-order chi connectivity index (χ1) is 23.0. The van der Waals surface area contributed by atoms with E-state index < -0.39 is 0 Å². The van der Waals surface area contributed by atoms with Crippen LogP contribution in [0.15, 0.2) is 68.9 Å². The Morgan fingerprint density at radius 1 is 1.04 bits per heavy atom. The van der Waals surface area contributed by atoms with Gasteiger partial charge >= 0.3 is 0 Å². The van der Waals surface area contributed by atoms with E-state index in [0.29, 0.717) is 18.1 Å². The molecule has 0 bridgehead atoms. The van der Waals surface area contributed by atoms with E-state index in [9.17, 15) is 4.39 Å². The van der Waals surface area contributed by atoms with Gasteiger partial charge in [-0.05, 0) is 107 Å². The molecule has 270 valence electrons. The summed E-state index contributed by atoms with van der Waals surface area (Å²) >= 11 is 0. The maximum absolute atomic E-state index is 14.9. The number of benzene rings is 1. The number of anilines is 1. The Morgan fingerprint density at radius 2 is 1.71 bits per heavy atom. The predicted octanol–water partition coefficient (Wildman–Crippen LogP) is 10.6. The first-order valence-electron chi connectivity index (χ1n) is 18.4. The molecule has 0 amide bonds. The van der Waals surface area contributed by atoms with Gasteiger partial charge in [-0.3, -0.25) is 4.90 Å². The average molecular weight is 666 g/mol. The van der Waals surface area contributed by atoms with Crippen LogP contribution in [0.1, 0.15) is 118 Å². The maximum atomic E-state index is 14.9. The van der Waals surface area contributed by atoms with Crippen LogP contribution in [-0.2, 0) is 6.54 Å². The number of aliphatic imine (C=N–C) groups is 1. The fourth-order valence-electron chi connectivity index (χ4n) is 6.14. The van der Waals surface area contributed by atoms with E-state index in [-0.39, 0.29) is 5.82 Å². The number of furan rings is 1. The molecule has 3 N–H and O–H groups in total. The first-order valence-corrected chi connectivity index (χ1v) is 18.4. The fraction of sp³-hybridized carbons (Fsp3) is 0.585. The minimum absolute atomic E-state index is 0.342. The summed E-state index contributed by atoms with van der Waals surface area (Å²) in [5, 5.41) is 3.08. The van der Waals surface area contributed by atoms with Crippen LogP contribution in [0.3, 0.4) is 0 Å². The molecule has 1 saturated carbocycles. The molecule has 7 heteroatoms. The van der Waals surface area contributed by atoms with Crippen LogP contribution in [0.4, 0.5) is 10.1 Å². The summed E-state index contributed by atoms with van der Waals surface area (Å²) in [6.07, 6.45) is 9.72. The second-order valence-corrected chi connectivity index (χ2v) is 12.6. The van der Waals surface area contributed by atoms with Crippen LogP contribution < -0.4 is 11.1 Å². The number of likely N-dealkylation sites (N-methyl/N-ethyl adjacent to an activating group) is 1. The van der Waals surface area contributed by atoms with E-state index >= 15 is 0 Å². The van der Waals surface area contributed by atoms with E-state index in [1.807, 2.05) is 66.7 Å². The smallest absolute Gasteiger partial charge is 0.146 e. The third-order valence-corrected chi connectivity index (χ3v) is 8.95. The lowest BCUT2D eigenvalue weighted by molar-refractivity contribution is 0.103. The fourth-order valence-corrected chi connectivity index (χ4v) is 6.14. The molecule has 1 aliphatic heterocycles. The standard InChI is InChI=1S/C24H30FN3O.C13H26N2.2C2H6/c1-7-16(5)23(22(15(3)4)24(26)27-8-2)18-10-12-21(20(25)13-18)28-14-19-11-9-17(6)29-19;1-12-4-3-5-13(7-6-12)15-10-8-14(2)9-11-15;2*1-2/h8-13,28H,3,7,14,26H2,1-2,4-6H3;12-13H,3-11H2,1-2H3;2*1-2H3/b23-16?,24-22+,27-8-;;;. The molecular weight excluding hydrogens is 597 g/mol. The van der Waals surface area contributed by atoms with Crippen molar-refractivity contribution in [2.45, 2.75) is 120 Å². The summed E-state index contributed by atoms with van der Waals surface area (Å²) in [6, 6.07) is 9.81. The number of piperazine rings is 1. The molecule has 2 heterocycles. The Kier molecular flexibility index (Phi) is 20.8. The number of nitrogens with two attached hydrogens (primary N) is 1. The molecule has 2 unspecified atom stereocenters. The summed E-state index contributed by atoms with van der Waals surface area (Å²) in [6.45, 7) is 29.7. The Morgan fingerprint density at radius 3 is 2.25 bits per heavy atom. The van der Waals surface area contributed by atoms with Gasteiger partial charge in [-0.25, -0.2) is 9.38 Å². The van der Waals surface area contributed by atoms with Crippen molar-refractivity contribution in [1.82, 2.24) is 9.80 Å².